The average Bonchev–Trinajstić information content (AvgIpc) is 3.11. The maximum atomic E-state index is 12.4. The molecular formula is C14H23N5O5S. The van der Waals surface area contributed by atoms with Crippen molar-refractivity contribution < 1.29 is 20.1 Å². The fourth-order valence-electron chi connectivity index (χ4n) is 3.35. The van der Waals surface area contributed by atoms with Gasteiger partial charge in [0.15, 0.2) is 11.5 Å². The summed E-state index contributed by atoms with van der Waals surface area (Å²) < 4.78 is 7.71. The van der Waals surface area contributed by atoms with E-state index in [2.05, 4.69) is 9.97 Å². The van der Waals surface area contributed by atoms with Crippen LogP contribution in [-0.2, 0) is 4.74 Å². The quantitative estimate of drug-likeness (QED) is 0.386. The first-order valence-electron chi connectivity index (χ1n) is 8.11. The number of fused-ring (bicyclic) bond motifs is 1. The summed E-state index contributed by atoms with van der Waals surface area (Å²) in [7, 11) is 0. The number of ether oxygens (including phenoxy) is 1. The summed E-state index contributed by atoms with van der Waals surface area (Å²) in [5, 5.41) is 28.7. The Bertz CT molecular complexity index is 688. The summed E-state index contributed by atoms with van der Waals surface area (Å²) in [6.45, 7) is 1.87. The predicted octanol–water partition coefficient (Wildman–Crippen LogP) is -1.18. The molecule has 0 aliphatic carbocycles. The number of anilines is 3. The molecule has 2 aliphatic heterocycles. The number of aromatic amines is 1. The fourth-order valence-corrected chi connectivity index (χ4v) is 4.14. The number of rotatable bonds is 6. The molecule has 0 radical (unpaired) electrons. The highest BCUT2D eigenvalue weighted by molar-refractivity contribution is 8.00. The van der Waals surface area contributed by atoms with E-state index in [0.717, 1.165) is 0 Å². The van der Waals surface area contributed by atoms with Gasteiger partial charge in [-0.2, -0.15) is 4.98 Å². The first-order chi connectivity index (χ1) is 12.0. The van der Waals surface area contributed by atoms with Gasteiger partial charge in [0.1, 0.15) is 18.5 Å². The van der Waals surface area contributed by atoms with Crippen molar-refractivity contribution in [3.8, 4) is 0 Å². The SMILES string of the molecule is CC[C@]1(N2CN(SCCO)c3c2nc(N)[nH]c3=O)C[C@H](O)[C@@H](CO)O1. The van der Waals surface area contributed by atoms with Crippen molar-refractivity contribution in [1.29, 1.82) is 0 Å². The van der Waals surface area contributed by atoms with E-state index in [1.807, 2.05) is 6.92 Å². The minimum atomic E-state index is -0.899. The molecule has 1 saturated heterocycles. The van der Waals surface area contributed by atoms with E-state index in [9.17, 15) is 15.0 Å². The number of aromatic nitrogens is 2. The third-order valence-corrected chi connectivity index (χ3v) is 5.54. The van der Waals surface area contributed by atoms with Crippen molar-refractivity contribution in [1.82, 2.24) is 9.97 Å². The first-order valence-corrected chi connectivity index (χ1v) is 9.05. The lowest BCUT2D eigenvalue weighted by molar-refractivity contribution is -0.0743. The Morgan fingerprint density at radius 3 is 2.88 bits per heavy atom. The fraction of sp³-hybridized carbons (Fsp3) is 0.714. The normalized spacial score (nSPS) is 28.6. The van der Waals surface area contributed by atoms with Gasteiger partial charge in [-0.15, -0.1) is 0 Å². The lowest BCUT2D eigenvalue weighted by Gasteiger charge is -2.38. The molecule has 3 atom stereocenters. The van der Waals surface area contributed by atoms with Crippen molar-refractivity contribution in [3.63, 3.8) is 0 Å². The standard InChI is InChI=1S/C14H23N5O5S/c1-2-14(5-8(22)9(6-21)24-14)18-7-19(25-4-3-20)10-11(18)16-13(15)17-12(10)23/h8-9,20-22H,2-7H2,1H3,(H3,15,16,17,23)/t8-,9+,14+/m0/s1. The minimum absolute atomic E-state index is 0.00809. The van der Waals surface area contributed by atoms with Crippen LogP contribution in [0.3, 0.4) is 0 Å². The van der Waals surface area contributed by atoms with Gasteiger partial charge in [-0.1, -0.05) is 6.92 Å². The van der Waals surface area contributed by atoms with Crippen LogP contribution in [0.1, 0.15) is 19.8 Å². The Labute approximate surface area is 148 Å². The highest BCUT2D eigenvalue weighted by Crippen LogP contribution is 2.45. The highest BCUT2D eigenvalue weighted by Gasteiger charge is 2.52. The van der Waals surface area contributed by atoms with E-state index in [-0.39, 0.29) is 37.8 Å². The smallest absolute Gasteiger partial charge is 0.279 e. The first kappa shape index (κ1) is 18.3. The van der Waals surface area contributed by atoms with Crippen LogP contribution in [0.2, 0.25) is 0 Å². The molecule has 0 amide bonds. The maximum Gasteiger partial charge on any atom is 0.279 e. The molecule has 25 heavy (non-hydrogen) atoms. The van der Waals surface area contributed by atoms with Crippen molar-refractivity contribution >= 4 is 29.4 Å². The number of nitrogens with two attached hydrogens (primary N) is 1. The zero-order valence-electron chi connectivity index (χ0n) is 13.9. The van der Waals surface area contributed by atoms with Gasteiger partial charge < -0.3 is 30.7 Å². The van der Waals surface area contributed by atoms with E-state index in [1.54, 1.807) is 9.21 Å². The largest absolute Gasteiger partial charge is 0.395 e. The molecule has 2 aliphatic rings. The van der Waals surface area contributed by atoms with E-state index in [4.69, 9.17) is 15.6 Å². The van der Waals surface area contributed by atoms with Crippen LogP contribution in [0, 0.1) is 0 Å². The molecule has 0 bridgehead atoms. The minimum Gasteiger partial charge on any atom is -0.395 e. The molecule has 0 saturated carbocycles. The van der Waals surface area contributed by atoms with Gasteiger partial charge in [-0.3, -0.25) is 14.1 Å². The zero-order valence-corrected chi connectivity index (χ0v) is 14.7. The molecule has 0 spiro atoms. The average molecular weight is 373 g/mol. The number of aliphatic hydroxyl groups excluding tert-OH is 3. The second-order valence-electron chi connectivity index (χ2n) is 6.04. The van der Waals surface area contributed by atoms with Crippen LogP contribution in [0.25, 0.3) is 0 Å². The highest BCUT2D eigenvalue weighted by atomic mass is 32.2. The second kappa shape index (κ2) is 7.00. The number of hydrogen-bond acceptors (Lipinski definition) is 10. The Hall–Kier alpha value is -1.53. The Kier molecular flexibility index (Phi) is 5.11. The summed E-state index contributed by atoms with van der Waals surface area (Å²) >= 11 is 1.30. The van der Waals surface area contributed by atoms with E-state index < -0.39 is 17.9 Å². The lowest BCUT2D eigenvalue weighted by atomic mass is 10.0. The van der Waals surface area contributed by atoms with Crippen LogP contribution in [0.5, 0.6) is 0 Å². The van der Waals surface area contributed by atoms with Crippen LogP contribution >= 0.6 is 11.9 Å². The number of nitrogen functional groups attached to an aromatic ring is 1. The predicted molar refractivity (Wildman–Crippen MR) is 94.2 cm³/mol. The van der Waals surface area contributed by atoms with Crippen molar-refractivity contribution in [2.45, 2.75) is 37.7 Å². The molecule has 6 N–H and O–H groups in total. The van der Waals surface area contributed by atoms with Gasteiger partial charge in [-0.25, -0.2) is 0 Å². The number of nitrogens with one attached hydrogen (secondary N) is 1. The molecule has 0 unspecified atom stereocenters. The molecule has 0 aromatic carbocycles. The molecule has 1 aromatic rings. The van der Waals surface area contributed by atoms with Gasteiger partial charge in [0.25, 0.3) is 5.56 Å². The second-order valence-corrected chi connectivity index (χ2v) is 7.15. The van der Waals surface area contributed by atoms with Crippen LogP contribution in [0.15, 0.2) is 4.79 Å². The third-order valence-electron chi connectivity index (χ3n) is 4.56. The number of aliphatic hydroxyl groups is 3. The Balaban J connectivity index is 2.02. The van der Waals surface area contributed by atoms with Crippen LogP contribution < -0.4 is 20.5 Å². The molecule has 1 aromatic heterocycles. The van der Waals surface area contributed by atoms with Gasteiger partial charge >= 0.3 is 0 Å². The van der Waals surface area contributed by atoms with E-state index in [0.29, 0.717) is 23.7 Å². The lowest BCUT2D eigenvalue weighted by Crippen LogP contribution is -2.50. The summed E-state index contributed by atoms with van der Waals surface area (Å²) in [5.74, 6) is 0.782. The third kappa shape index (κ3) is 3.06. The van der Waals surface area contributed by atoms with E-state index in [1.165, 1.54) is 11.9 Å². The summed E-state index contributed by atoms with van der Waals surface area (Å²) in [6, 6.07) is 0. The maximum absolute atomic E-state index is 12.4. The van der Waals surface area contributed by atoms with Crippen molar-refractivity contribution in [2.24, 2.45) is 0 Å². The molecule has 140 valence electrons. The molecule has 11 heteroatoms. The number of hydrogen-bond donors (Lipinski definition) is 5. The summed E-state index contributed by atoms with van der Waals surface area (Å²) in [5.41, 5.74) is 4.78. The zero-order chi connectivity index (χ0) is 18.2. The number of nitrogens with zero attached hydrogens (tertiary/aromatic N) is 3. The van der Waals surface area contributed by atoms with Crippen molar-refractivity contribution in [3.05, 3.63) is 10.4 Å². The van der Waals surface area contributed by atoms with Crippen LogP contribution in [0.4, 0.5) is 17.5 Å². The summed E-state index contributed by atoms with van der Waals surface area (Å²) in [6.07, 6.45) is -0.706. The van der Waals surface area contributed by atoms with Crippen LogP contribution in [-0.4, -0.2) is 68.9 Å². The molecule has 1 fully saturated rings. The Morgan fingerprint density at radius 2 is 2.28 bits per heavy atom. The monoisotopic (exact) mass is 373 g/mol. The van der Waals surface area contributed by atoms with E-state index >= 15 is 0 Å². The number of H-pyrrole nitrogens is 1. The van der Waals surface area contributed by atoms with Gasteiger partial charge in [0, 0.05) is 12.2 Å². The Morgan fingerprint density at radius 1 is 1.52 bits per heavy atom. The van der Waals surface area contributed by atoms with Crippen molar-refractivity contribution in [2.75, 3.05) is 40.6 Å². The van der Waals surface area contributed by atoms with Gasteiger partial charge in [0.05, 0.1) is 19.3 Å². The summed E-state index contributed by atoms with van der Waals surface area (Å²) in [4.78, 5) is 21.0. The topological polar surface area (TPSA) is 148 Å². The van der Waals surface area contributed by atoms with Gasteiger partial charge in [0.2, 0.25) is 5.95 Å². The molecule has 3 rings (SSSR count). The molecular weight excluding hydrogens is 350 g/mol. The molecule has 3 heterocycles. The van der Waals surface area contributed by atoms with Gasteiger partial charge in [-0.05, 0) is 18.4 Å². The molecule has 10 nitrogen and oxygen atoms in total.